The lowest BCUT2D eigenvalue weighted by atomic mass is 10.2. The van der Waals surface area contributed by atoms with Gasteiger partial charge in [0.15, 0.2) is 20.2 Å². The van der Waals surface area contributed by atoms with Crippen molar-refractivity contribution < 1.29 is 94.7 Å². The normalized spacial score (nSPS) is 11.7. The Balaban J connectivity index is 0.000000539. The summed E-state index contributed by atoms with van der Waals surface area (Å²) in [6.45, 7) is 2.12. The molecule has 0 N–H and O–H groups in total. The van der Waals surface area contributed by atoms with Gasteiger partial charge < -0.3 is 9.11 Å². The first-order chi connectivity index (χ1) is 14.8. The fourth-order valence-electron chi connectivity index (χ4n) is 1.22. The van der Waals surface area contributed by atoms with Gasteiger partial charge in [-0.2, -0.15) is 26.3 Å². The van der Waals surface area contributed by atoms with E-state index in [4.69, 9.17) is 25.9 Å². The first-order valence-electron chi connectivity index (χ1n) is 7.78. The van der Waals surface area contributed by atoms with Gasteiger partial charge in [0.1, 0.15) is 0 Å². The molecule has 184 valence electrons. The van der Waals surface area contributed by atoms with Gasteiger partial charge >= 0.3 is 53.4 Å². The molecule has 6 nitrogen and oxygen atoms in total. The van der Waals surface area contributed by atoms with Gasteiger partial charge in [-0.3, -0.25) is 0 Å². The SMILES string of the molecule is Cc1ccc([I+]C#C[I+]c2ccccc2)cc1.O=S(=O)([O-])C(F)(F)F.O=S(=O)([O-])C(F)(F)F. The van der Waals surface area contributed by atoms with Gasteiger partial charge in [0.25, 0.3) is 0 Å². The van der Waals surface area contributed by atoms with Crippen LogP contribution < -0.4 is 42.4 Å². The van der Waals surface area contributed by atoms with Crippen molar-refractivity contribution in [2.24, 2.45) is 0 Å². The second kappa shape index (κ2) is 13.7. The summed E-state index contributed by atoms with van der Waals surface area (Å²) >= 11 is -0.230. The molecular weight excluding hydrogens is 732 g/mol. The lowest BCUT2D eigenvalue weighted by Gasteiger charge is -2.08. The molecule has 0 aliphatic heterocycles. The molecular formula is C17H12F6I2O6S2. The third kappa shape index (κ3) is 14.7. The van der Waals surface area contributed by atoms with Gasteiger partial charge in [-0.05, 0) is 31.2 Å². The van der Waals surface area contributed by atoms with Crippen molar-refractivity contribution in [1.29, 1.82) is 0 Å². The lowest BCUT2D eigenvalue weighted by molar-refractivity contribution is -0.561. The zero-order valence-corrected chi connectivity index (χ0v) is 21.9. The summed E-state index contributed by atoms with van der Waals surface area (Å²) in [5, 5.41) is 0. The van der Waals surface area contributed by atoms with Crippen LogP contribution in [0.2, 0.25) is 0 Å². The molecule has 0 fully saturated rings. The van der Waals surface area contributed by atoms with E-state index in [0.717, 1.165) is 0 Å². The fraction of sp³-hybridized carbons (Fsp3) is 0.176. The van der Waals surface area contributed by atoms with Crippen LogP contribution in [0, 0.1) is 21.9 Å². The van der Waals surface area contributed by atoms with Gasteiger partial charge in [-0.15, -0.1) is 0 Å². The zero-order valence-electron chi connectivity index (χ0n) is 16.0. The van der Waals surface area contributed by atoms with E-state index in [1.54, 1.807) is 0 Å². The number of halogens is 8. The summed E-state index contributed by atoms with van der Waals surface area (Å²) in [6.07, 6.45) is 0. The maximum atomic E-state index is 10.7. The monoisotopic (exact) mass is 744 g/mol. The third-order valence-corrected chi connectivity index (χ3v) is 8.59. The topological polar surface area (TPSA) is 114 Å². The Kier molecular flexibility index (Phi) is 13.2. The van der Waals surface area contributed by atoms with E-state index < -0.39 is 31.3 Å². The van der Waals surface area contributed by atoms with E-state index >= 15 is 0 Å². The highest BCUT2D eigenvalue weighted by molar-refractivity contribution is 7.86. The van der Waals surface area contributed by atoms with E-state index in [1.807, 2.05) is 0 Å². The van der Waals surface area contributed by atoms with Crippen LogP contribution in [0.25, 0.3) is 0 Å². The van der Waals surface area contributed by atoms with E-state index in [2.05, 4.69) is 69.4 Å². The quantitative estimate of drug-likeness (QED) is 0.108. The molecule has 0 aliphatic carbocycles. The average Bonchev–Trinajstić information content (AvgIpc) is 2.65. The number of benzene rings is 2. The smallest absolute Gasteiger partial charge is 0.485 e. The van der Waals surface area contributed by atoms with Crippen LogP contribution in [0.5, 0.6) is 0 Å². The largest absolute Gasteiger partial charge is 0.741 e. The van der Waals surface area contributed by atoms with Crippen LogP contribution in [0.15, 0.2) is 54.6 Å². The van der Waals surface area contributed by atoms with Crippen molar-refractivity contribution in [3.05, 3.63) is 67.3 Å². The third-order valence-electron chi connectivity index (χ3n) is 2.66. The average molecular weight is 744 g/mol. The molecule has 0 unspecified atom stereocenters. The molecule has 0 heterocycles. The van der Waals surface area contributed by atoms with Crippen molar-refractivity contribution in [3.8, 4) is 7.85 Å². The highest BCUT2D eigenvalue weighted by Gasteiger charge is 2.37. The van der Waals surface area contributed by atoms with Crippen LogP contribution in [0.1, 0.15) is 5.56 Å². The molecule has 0 bridgehead atoms. The first kappa shape index (κ1) is 31.9. The zero-order chi connectivity index (χ0) is 25.9. The van der Waals surface area contributed by atoms with Gasteiger partial charge in [-0.25, -0.2) is 16.8 Å². The van der Waals surface area contributed by atoms with Gasteiger partial charge in [0, 0.05) is 0 Å². The number of rotatable bonds is 2. The van der Waals surface area contributed by atoms with Crippen LogP contribution >= 0.6 is 0 Å². The summed E-state index contributed by atoms with van der Waals surface area (Å²) in [6, 6.07) is 19.3. The van der Waals surface area contributed by atoms with Crippen molar-refractivity contribution in [2.75, 3.05) is 0 Å². The predicted octanol–water partition coefficient (Wildman–Crippen LogP) is -2.77. The Morgan fingerprint density at radius 3 is 1.27 bits per heavy atom. The Labute approximate surface area is 206 Å². The van der Waals surface area contributed by atoms with E-state index in [-0.39, 0.29) is 42.4 Å². The fourth-order valence-corrected chi connectivity index (χ4v) is 4.91. The summed E-state index contributed by atoms with van der Waals surface area (Å²) in [4.78, 5) is 0. The van der Waals surface area contributed by atoms with E-state index in [1.165, 1.54) is 12.7 Å². The number of aryl methyl sites for hydroxylation is 1. The van der Waals surface area contributed by atoms with Crippen molar-refractivity contribution in [2.45, 2.75) is 17.9 Å². The highest BCUT2D eigenvalue weighted by atomic mass is 127. The molecule has 0 amide bonds. The van der Waals surface area contributed by atoms with E-state index in [9.17, 15) is 26.3 Å². The minimum atomic E-state index is -6.09. The summed E-state index contributed by atoms with van der Waals surface area (Å²) in [7, 11) is -12.2. The van der Waals surface area contributed by atoms with Crippen LogP contribution in [0.4, 0.5) is 26.3 Å². The highest BCUT2D eigenvalue weighted by Crippen LogP contribution is 2.21. The molecule has 0 radical (unpaired) electrons. The number of hydrogen-bond acceptors (Lipinski definition) is 6. The number of alkyl halides is 6. The summed E-state index contributed by atoms with van der Waals surface area (Å²) in [5.74, 6) is 0. The van der Waals surface area contributed by atoms with Crippen molar-refractivity contribution in [1.82, 2.24) is 0 Å². The Morgan fingerprint density at radius 2 is 0.970 bits per heavy atom. The van der Waals surface area contributed by atoms with Gasteiger partial charge in [0.05, 0.1) is 0 Å². The van der Waals surface area contributed by atoms with Crippen LogP contribution in [-0.4, -0.2) is 37.0 Å². The number of hydrogen-bond donors (Lipinski definition) is 0. The lowest BCUT2D eigenvalue weighted by Crippen LogP contribution is -3.63. The Morgan fingerprint density at radius 1 is 0.667 bits per heavy atom. The molecule has 2 rings (SSSR count). The Bertz CT molecular complexity index is 1100. The van der Waals surface area contributed by atoms with Crippen molar-refractivity contribution in [3.63, 3.8) is 0 Å². The minimum Gasteiger partial charge on any atom is -0.741 e. The van der Waals surface area contributed by atoms with E-state index in [0.29, 0.717) is 0 Å². The predicted molar refractivity (Wildman–Crippen MR) is 94.3 cm³/mol. The maximum Gasteiger partial charge on any atom is 0.485 e. The van der Waals surface area contributed by atoms with Crippen molar-refractivity contribution >= 4 is 20.2 Å². The standard InChI is InChI=1S/C15H12I2.2CHF3O3S/c1-13-7-9-15(10-8-13)17-12-11-16-14-5-3-2-4-6-14;2*2-1(3,4)8(5,6)7/h2-10H,1H3;2*(H,5,6,7)/q+2;;/p-2. The summed E-state index contributed by atoms with van der Waals surface area (Å²) < 4.78 is 127. The molecule has 0 saturated carbocycles. The van der Waals surface area contributed by atoms with Gasteiger partial charge in [0.2, 0.25) is 15.0 Å². The maximum absolute atomic E-state index is 10.7. The second-order valence-corrected chi connectivity index (χ2v) is 12.7. The summed E-state index contributed by atoms with van der Waals surface area (Å²) in [5.41, 5.74) is -9.97. The molecule has 2 aromatic carbocycles. The molecule has 16 heteroatoms. The first-order valence-corrected chi connectivity index (χ1v) is 14.9. The molecule has 0 aromatic heterocycles. The van der Waals surface area contributed by atoms with Crippen LogP contribution in [0.3, 0.4) is 0 Å². The van der Waals surface area contributed by atoms with Crippen LogP contribution in [-0.2, 0) is 20.2 Å². The molecule has 0 aliphatic rings. The molecule has 2 aromatic rings. The molecule has 33 heavy (non-hydrogen) atoms. The second-order valence-electron chi connectivity index (χ2n) is 5.27. The molecule has 0 spiro atoms. The minimum absolute atomic E-state index is 0.112. The van der Waals surface area contributed by atoms with Gasteiger partial charge in [-0.1, -0.05) is 35.9 Å². The Hall–Kier alpha value is -1.14. The molecule has 0 atom stereocenters. The molecule has 0 saturated heterocycles.